The van der Waals surface area contributed by atoms with E-state index in [0.29, 0.717) is 11.1 Å². The van der Waals surface area contributed by atoms with Gasteiger partial charge in [-0.25, -0.2) is 0 Å². The lowest BCUT2D eigenvalue weighted by atomic mass is 10.1. The van der Waals surface area contributed by atoms with Gasteiger partial charge in [0.25, 0.3) is 11.8 Å². The maximum Gasteiger partial charge on any atom is 0.261 e. The Balaban J connectivity index is 1.71. The number of nitrogens with zero attached hydrogens (tertiary/aromatic N) is 1. The molecule has 0 unspecified atom stereocenters. The number of carbonyl (C=O) groups is 2. The van der Waals surface area contributed by atoms with Crippen LogP contribution in [0.1, 0.15) is 26.3 Å². The molecule has 0 atom stereocenters. The van der Waals surface area contributed by atoms with Crippen LogP contribution in [0.15, 0.2) is 54.6 Å². The lowest BCUT2D eigenvalue weighted by Gasteiger charge is -2.10. The molecule has 3 rings (SSSR count). The Labute approximate surface area is 128 Å². The number of hydrogen-bond acceptors (Lipinski definition) is 3. The average Bonchev–Trinajstić information content (AvgIpc) is 2.81. The Morgan fingerprint density at radius 1 is 0.955 bits per heavy atom. The topological polar surface area (TPSA) is 46.6 Å². The second-order valence-corrected chi connectivity index (χ2v) is 4.94. The zero-order valence-corrected chi connectivity index (χ0v) is 12.2. The Morgan fingerprint density at radius 2 is 1.55 bits per heavy atom. The summed E-state index contributed by atoms with van der Waals surface area (Å²) >= 11 is 0. The monoisotopic (exact) mass is 293 g/mol. The number of hydrogen-bond donors (Lipinski definition) is 0. The van der Waals surface area contributed by atoms with E-state index in [2.05, 4.69) is 0 Å². The number of ether oxygens (including phenoxy) is 1. The standard InChI is InChI=1S/C18H15NO3/c1-22-14-10-8-13(9-11-14)5-4-12-19-17(20)15-6-2-3-7-16(15)18(19)21/h2-11H,12H2,1H3/b5-4+. The van der Waals surface area contributed by atoms with Crippen LogP contribution >= 0.6 is 0 Å². The summed E-state index contributed by atoms with van der Waals surface area (Å²) in [6.07, 6.45) is 3.69. The first-order valence-electron chi connectivity index (χ1n) is 6.96. The highest BCUT2D eigenvalue weighted by molar-refractivity contribution is 6.21. The molecule has 0 saturated carbocycles. The Morgan fingerprint density at radius 3 is 2.09 bits per heavy atom. The van der Waals surface area contributed by atoms with Gasteiger partial charge in [-0.2, -0.15) is 0 Å². The fourth-order valence-electron chi connectivity index (χ4n) is 2.41. The third kappa shape index (κ3) is 2.51. The maximum absolute atomic E-state index is 12.2. The molecule has 0 spiro atoms. The van der Waals surface area contributed by atoms with Gasteiger partial charge in [0.1, 0.15) is 5.75 Å². The van der Waals surface area contributed by atoms with E-state index in [4.69, 9.17) is 4.74 Å². The first-order chi connectivity index (χ1) is 10.7. The molecule has 4 heteroatoms. The molecule has 0 bridgehead atoms. The summed E-state index contributed by atoms with van der Waals surface area (Å²) < 4.78 is 5.10. The van der Waals surface area contributed by atoms with Crippen molar-refractivity contribution in [3.63, 3.8) is 0 Å². The molecule has 1 aliphatic rings. The second-order valence-electron chi connectivity index (χ2n) is 4.94. The molecule has 2 aromatic rings. The minimum Gasteiger partial charge on any atom is -0.497 e. The van der Waals surface area contributed by atoms with E-state index in [1.54, 1.807) is 31.4 Å². The molecule has 0 fully saturated rings. The number of imide groups is 1. The van der Waals surface area contributed by atoms with Crippen molar-refractivity contribution in [1.82, 2.24) is 4.90 Å². The molecule has 4 nitrogen and oxygen atoms in total. The molecule has 110 valence electrons. The number of amides is 2. The van der Waals surface area contributed by atoms with E-state index >= 15 is 0 Å². The molecule has 0 aliphatic carbocycles. The largest absolute Gasteiger partial charge is 0.497 e. The first-order valence-corrected chi connectivity index (χ1v) is 6.96. The van der Waals surface area contributed by atoms with Gasteiger partial charge in [-0.05, 0) is 29.8 Å². The van der Waals surface area contributed by atoms with E-state index in [1.165, 1.54) is 4.90 Å². The zero-order chi connectivity index (χ0) is 15.5. The number of fused-ring (bicyclic) bond motifs is 1. The van der Waals surface area contributed by atoms with Gasteiger partial charge in [0.05, 0.1) is 18.2 Å². The van der Waals surface area contributed by atoms with Gasteiger partial charge in [0.15, 0.2) is 0 Å². The normalized spacial score (nSPS) is 13.8. The first kappa shape index (κ1) is 14.1. The summed E-state index contributed by atoms with van der Waals surface area (Å²) in [5.74, 6) is 0.317. The number of methoxy groups -OCH3 is 1. The van der Waals surface area contributed by atoms with Gasteiger partial charge in [-0.3, -0.25) is 14.5 Å². The van der Waals surface area contributed by atoms with Crippen LogP contribution in [0.2, 0.25) is 0 Å². The van der Waals surface area contributed by atoms with Crippen molar-refractivity contribution in [1.29, 1.82) is 0 Å². The molecule has 22 heavy (non-hydrogen) atoms. The zero-order valence-electron chi connectivity index (χ0n) is 12.2. The Kier molecular flexibility index (Phi) is 3.74. The molecule has 0 N–H and O–H groups in total. The SMILES string of the molecule is COc1ccc(/C=C/CN2C(=O)c3ccccc3C2=O)cc1. The van der Waals surface area contributed by atoms with E-state index in [1.807, 2.05) is 36.4 Å². The van der Waals surface area contributed by atoms with Crippen LogP contribution in [0.3, 0.4) is 0 Å². The molecule has 1 aliphatic heterocycles. The van der Waals surface area contributed by atoms with Crippen molar-refractivity contribution in [3.8, 4) is 5.75 Å². The molecule has 0 aromatic heterocycles. The molecule has 0 radical (unpaired) electrons. The molecule has 2 aromatic carbocycles. The minimum atomic E-state index is -0.236. The Hall–Kier alpha value is -2.88. The smallest absolute Gasteiger partial charge is 0.261 e. The summed E-state index contributed by atoms with van der Waals surface area (Å²) in [4.78, 5) is 25.6. The van der Waals surface area contributed by atoms with Crippen LogP contribution in [0.4, 0.5) is 0 Å². The minimum absolute atomic E-state index is 0.236. The highest BCUT2D eigenvalue weighted by Crippen LogP contribution is 2.22. The lowest BCUT2D eigenvalue weighted by molar-refractivity contribution is 0.0672. The van der Waals surface area contributed by atoms with Gasteiger partial charge in [0.2, 0.25) is 0 Å². The van der Waals surface area contributed by atoms with Crippen molar-refractivity contribution in [2.75, 3.05) is 13.7 Å². The van der Waals surface area contributed by atoms with E-state index in [0.717, 1.165) is 11.3 Å². The van der Waals surface area contributed by atoms with Gasteiger partial charge in [0, 0.05) is 6.54 Å². The second kappa shape index (κ2) is 5.85. The van der Waals surface area contributed by atoms with E-state index in [9.17, 15) is 9.59 Å². The molecule has 2 amide bonds. The van der Waals surface area contributed by atoms with Crippen LogP contribution in [-0.4, -0.2) is 30.4 Å². The third-order valence-corrected chi connectivity index (χ3v) is 3.59. The summed E-state index contributed by atoms with van der Waals surface area (Å²) in [6, 6.07) is 14.5. The van der Waals surface area contributed by atoms with Crippen molar-refractivity contribution < 1.29 is 14.3 Å². The molecule has 0 saturated heterocycles. The van der Waals surface area contributed by atoms with Gasteiger partial charge in [-0.15, -0.1) is 0 Å². The number of rotatable bonds is 4. The Bertz CT molecular complexity index is 712. The highest BCUT2D eigenvalue weighted by Gasteiger charge is 2.33. The number of benzene rings is 2. The van der Waals surface area contributed by atoms with Gasteiger partial charge in [-0.1, -0.05) is 36.4 Å². The predicted molar refractivity (Wildman–Crippen MR) is 83.8 cm³/mol. The van der Waals surface area contributed by atoms with Crippen LogP contribution in [0.25, 0.3) is 6.08 Å². The average molecular weight is 293 g/mol. The van der Waals surface area contributed by atoms with Crippen LogP contribution < -0.4 is 4.74 Å². The fourth-order valence-corrected chi connectivity index (χ4v) is 2.41. The molecular weight excluding hydrogens is 278 g/mol. The van der Waals surface area contributed by atoms with E-state index < -0.39 is 0 Å². The predicted octanol–water partition coefficient (Wildman–Crippen LogP) is 3.00. The highest BCUT2D eigenvalue weighted by atomic mass is 16.5. The van der Waals surface area contributed by atoms with Crippen LogP contribution in [0.5, 0.6) is 5.75 Å². The summed E-state index contributed by atoms with van der Waals surface area (Å²) in [7, 11) is 1.62. The van der Waals surface area contributed by atoms with Crippen LogP contribution in [-0.2, 0) is 0 Å². The van der Waals surface area contributed by atoms with Crippen LogP contribution in [0, 0.1) is 0 Å². The van der Waals surface area contributed by atoms with Crippen molar-refractivity contribution in [2.24, 2.45) is 0 Å². The molecular formula is C18H15NO3. The summed E-state index contributed by atoms with van der Waals surface area (Å²) in [5, 5.41) is 0. The van der Waals surface area contributed by atoms with Gasteiger partial charge >= 0.3 is 0 Å². The lowest BCUT2D eigenvalue weighted by Crippen LogP contribution is -2.29. The van der Waals surface area contributed by atoms with Crippen molar-refractivity contribution >= 4 is 17.9 Å². The molecule has 1 heterocycles. The third-order valence-electron chi connectivity index (χ3n) is 3.59. The van der Waals surface area contributed by atoms with Crippen molar-refractivity contribution in [2.45, 2.75) is 0 Å². The van der Waals surface area contributed by atoms with Crippen molar-refractivity contribution in [3.05, 3.63) is 71.3 Å². The number of carbonyl (C=O) groups excluding carboxylic acids is 2. The fraction of sp³-hybridized carbons (Fsp3) is 0.111. The van der Waals surface area contributed by atoms with Gasteiger partial charge < -0.3 is 4.74 Å². The summed E-state index contributed by atoms with van der Waals surface area (Å²) in [5.41, 5.74) is 1.94. The maximum atomic E-state index is 12.2. The van der Waals surface area contributed by atoms with E-state index in [-0.39, 0.29) is 18.4 Å². The summed E-state index contributed by atoms with van der Waals surface area (Å²) in [6.45, 7) is 0.262. The quantitative estimate of drug-likeness (QED) is 0.814.